The maximum Gasteiger partial charge on any atom is 0.240 e. The Bertz CT molecular complexity index is 723. The zero-order valence-electron chi connectivity index (χ0n) is 13.1. The van der Waals surface area contributed by atoms with Crippen molar-refractivity contribution in [1.82, 2.24) is 19.8 Å². The Kier molecular flexibility index (Phi) is 5.33. The van der Waals surface area contributed by atoms with E-state index in [0.717, 1.165) is 11.1 Å². The topological polar surface area (TPSA) is 76.0 Å². The van der Waals surface area contributed by atoms with E-state index < -0.39 is 10.0 Å². The van der Waals surface area contributed by atoms with Crippen LogP contribution in [-0.4, -0.2) is 24.2 Å². The van der Waals surface area contributed by atoms with Crippen molar-refractivity contribution < 1.29 is 8.42 Å². The van der Waals surface area contributed by atoms with Gasteiger partial charge in [0.2, 0.25) is 10.0 Å². The third-order valence-electron chi connectivity index (χ3n) is 3.02. The molecule has 0 aliphatic carbocycles. The van der Waals surface area contributed by atoms with Crippen LogP contribution in [0.15, 0.2) is 41.6 Å². The van der Waals surface area contributed by atoms with Gasteiger partial charge in [0.25, 0.3) is 0 Å². The van der Waals surface area contributed by atoms with E-state index in [2.05, 4.69) is 15.1 Å². The van der Waals surface area contributed by atoms with Gasteiger partial charge in [-0.2, -0.15) is 5.10 Å². The van der Waals surface area contributed by atoms with Crippen LogP contribution in [0.2, 0.25) is 0 Å². The number of hydrogen-bond acceptors (Lipinski definition) is 4. The molecule has 22 heavy (non-hydrogen) atoms. The number of rotatable bonds is 7. The number of nitrogens with one attached hydrogen (secondary N) is 2. The summed E-state index contributed by atoms with van der Waals surface area (Å²) in [7, 11) is -1.57. The molecule has 0 bridgehead atoms. The molecule has 0 saturated carbocycles. The maximum atomic E-state index is 12.2. The molecule has 7 heteroatoms. The largest absolute Gasteiger partial charge is 0.309 e. The molecule has 120 valence electrons. The lowest BCUT2D eigenvalue weighted by Gasteiger charge is -2.11. The highest BCUT2D eigenvalue weighted by Gasteiger charge is 2.15. The molecule has 6 nitrogen and oxygen atoms in total. The Morgan fingerprint density at radius 3 is 2.59 bits per heavy atom. The van der Waals surface area contributed by atoms with Crippen molar-refractivity contribution in [2.24, 2.45) is 7.05 Å². The second-order valence-electron chi connectivity index (χ2n) is 5.55. The summed E-state index contributed by atoms with van der Waals surface area (Å²) in [5.41, 5.74) is 2.02. The molecule has 2 aromatic rings. The summed E-state index contributed by atoms with van der Waals surface area (Å²) in [6, 6.07) is 6.84. The van der Waals surface area contributed by atoms with Gasteiger partial charge in [0, 0.05) is 37.9 Å². The van der Waals surface area contributed by atoms with E-state index in [1.807, 2.05) is 19.3 Å². The summed E-state index contributed by atoms with van der Waals surface area (Å²) in [5.74, 6) is 0. The highest BCUT2D eigenvalue weighted by molar-refractivity contribution is 7.89. The average molecular weight is 322 g/mol. The third-order valence-corrected chi connectivity index (χ3v) is 4.67. The predicted molar refractivity (Wildman–Crippen MR) is 85.7 cm³/mol. The molecule has 0 saturated heterocycles. The Labute approximate surface area is 131 Å². The second-order valence-corrected chi connectivity index (χ2v) is 7.26. The molecule has 1 aromatic heterocycles. The van der Waals surface area contributed by atoms with Gasteiger partial charge < -0.3 is 5.32 Å². The highest BCUT2D eigenvalue weighted by Crippen LogP contribution is 2.12. The number of aryl methyl sites for hydroxylation is 1. The summed E-state index contributed by atoms with van der Waals surface area (Å²) < 4.78 is 28.6. The van der Waals surface area contributed by atoms with Gasteiger partial charge in [-0.3, -0.25) is 4.68 Å². The summed E-state index contributed by atoms with van der Waals surface area (Å²) in [6.07, 6.45) is 3.75. The van der Waals surface area contributed by atoms with Crippen molar-refractivity contribution in [3.05, 3.63) is 47.8 Å². The van der Waals surface area contributed by atoms with Gasteiger partial charge in [0.15, 0.2) is 0 Å². The Balaban J connectivity index is 1.99. The van der Waals surface area contributed by atoms with Crippen LogP contribution < -0.4 is 10.0 Å². The smallest absolute Gasteiger partial charge is 0.240 e. The SMILES string of the molecule is CC(C)NS(=O)(=O)c1cccc(CNCc2cnn(C)c2)c1. The van der Waals surface area contributed by atoms with E-state index in [4.69, 9.17) is 0 Å². The van der Waals surface area contributed by atoms with Gasteiger partial charge in [-0.25, -0.2) is 13.1 Å². The van der Waals surface area contributed by atoms with Crippen molar-refractivity contribution in [1.29, 1.82) is 0 Å². The molecule has 0 aliphatic heterocycles. The number of hydrogen-bond donors (Lipinski definition) is 2. The number of sulfonamides is 1. The van der Waals surface area contributed by atoms with E-state index in [1.54, 1.807) is 42.9 Å². The Hall–Kier alpha value is -1.70. The van der Waals surface area contributed by atoms with Crippen molar-refractivity contribution in [2.45, 2.75) is 37.9 Å². The number of aromatic nitrogens is 2. The van der Waals surface area contributed by atoms with Crippen molar-refractivity contribution in [3.8, 4) is 0 Å². The molecular weight excluding hydrogens is 300 g/mol. The normalized spacial score (nSPS) is 12.0. The van der Waals surface area contributed by atoms with E-state index in [-0.39, 0.29) is 6.04 Å². The zero-order valence-corrected chi connectivity index (χ0v) is 13.9. The van der Waals surface area contributed by atoms with Crippen molar-refractivity contribution in [2.75, 3.05) is 0 Å². The van der Waals surface area contributed by atoms with Gasteiger partial charge in [0.05, 0.1) is 11.1 Å². The molecule has 1 aromatic carbocycles. The Morgan fingerprint density at radius 2 is 1.95 bits per heavy atom. The lowest BCUT2D eigenvalue weighted by molar-refractivity contribution is 0.569. The minimum Gasteiger partial charge on any atom is -0.309 e. The summed E-state index contributed by atoms with van der Waals surface area (Å²) in [5, 5.41) is 7.39. The molecule has 0 amide bonds. The van der Waals surface area contributed by atoms with Crippen LogP contribution >= 0.6 is 0 Å². The standard InChI is InChI=1S/C15H22N4O2S/c1-12(2)18-22(20,21)15-6-4-5-13(7-15)8-16-9-14-10-17-19(3)11-14/h4-7,10-12,16,18H,8-9H2,1-3H3. The van der Waals surface area contributed by atoms with Crippen LogP contribution in [0, 0.1) is 0 Å². The van der Waals surface area contributed by atoms with Crippen molar-refractivity contribution >= 4 is 10.0 Å². The predicted octanol–water partition coefficient (Wildman–Crippen LogP) is 1.40. The van der Waals surface area contributed by atoms with Crippen LogP contribution in [0.1, 0.15) is 25.0 Å². The quantitative estimate of drug-likeness (QED) is 0.808. The monoisotopic (exact) mass is 322 g/mol. The first-order valence-electron chi connectivity index (χ1n) is 7.16. The first kappa shape index (κ1) is 16.7. The van der Waals surface area contributed by atoms with Gasteiger partial charge in [-0.15, -0.1) is 0 Å². The van der Waals surface area contributed by atoms with Crippen LogP contribution in [0.3, 0.4) is 0 Å². The minimum atomic E-state index is -3.45. The third kappa shape index (κ3) is 4.66. The van der Waals surface area contributed by atoms with E-state index in [0.29, 0.717) is 18.0 Å². The van der Waals surface area contributed by atoms with Crippen molar-refractivity contribution in [3.63, 3.8) is 0 Å². The lowest BCUT2D eigenvalue weighted by atomic mass is 10.2. The Morgan fingerprint density at radius 1 is 1.23 bits per heavy atom. The molecular formula is C15H22N4O2S. The molecule has 0 fully saturated rings. The molecule has 1 heterocycles. The first-order chi connectivity index (χ1) is 10.4. The zero-order chi connectivity index (χ0) is 16.2. The fourth-order valence-corrected chi connectivity index (χ4v) is 3.44. The summed E-state index contributed by atoms with van der Waals surface area (Å²) >= 11 is 0. The van der Waals surface area contributed by atoms with Crippen LogP contribution in [0.25, 0.3) is 0 Å². The number of nitrogens with zero attached hydrogens (tertiary/aromatic N) is 2. The van der Waals surface area contributed by atoms with E-state index >= 15 is 0 Å². The molecule has 2 rings (SSSR count). The molecule has 0 atom stereocenters. The second kappa shape index (κ2) is 7.04. The van der Waals surface area contributed by atoms with Crippen LogP contribution in [0.4, 0.5) is 0 Å². The fourth-order valence-electron chi connectivity index (χ4n) is 2.12. The first-order valence-corrected chi connectivity index (χ1v) is 8.64. The van der Waals surface area contributed by atoms with Gasteiger partial charge in [0.1, 0.15) is 0 Å². The molecule has 0 unspecified atom stereocenters. The van der Waals surface area contributed by atoms with Crippen LogP contribution in [-0.2, 0) is 30.2 Å². The van der Waals surface area contributed by atoms with Gasteiger partial charge in [-0.05, 0) is 31.5 Å². The van der Waals surface area contributed by atoms with E-state index in [1.165, 1.54) is 0 Å². The summed E-state index contributed by atoms with van der Waals surface area (Å²) in [4.78, 5) is 0.293. The van der Waals surface area contributed by atoms with E-state index in [9.17, 15) is 8.42 Å². The summed E-state index contributed by atoms with van der Waals surface area (Å²) in [6.45, 7) is 4.89. The fraction of sp³-hybridized carbons (Fsp3) is 0.400. The highest BCUT2D eigenvalue weighted by atomic mass is 32.2. The minimum absolute atomic E-state index is 0.127. The molecule has 0 aliphatic rings. The number of benzene rings is 1. The molecule has 0 radical (unpaired) electrons. The van der Waals surface area contributed by atoms with Crippen LogP contribution in [0.5, 0.6) is 0 Å². The average Bonchev–Trinajstić information content (AvgIpc) is 2.83. The van der Waals surface area contributed by atoms with Gasteiger partial charge in [-0.1, -0.05) is 12.1 Å². The molecule has 2 N–H and O–H groups in total. The maximum absolute atomic E-state index is 12.2. The van der Waals surface area contributed by atoms with Gasteiger partial charge >= 0.3 is 0 Å². The molecule has 0 spiro atoms. The lowest BCUT2D eigenvalue weighted by Crippen LogP contribution is -2.30.